The molecule has 5 nitrogen and oxygen atoms in total. The molecule has 22 heavy (non-hydrogen) atoms. The Morgan fingerprint density at radius 1 is 1.27 bits per heavy atom. The summed E-state index contributed by atoms with van der Waals surface area (Å²) < 4.78 is 0. The van der Waals surface area contributed by atoms with Gasteiger partial charge in [0.1, 0.15) is 0 Å². The second-order valence-corrected chi connectivity index (χ2v) is 6.22. The van der Waals surface area contributed by atoms with Crippen LogP contribution < -0.4 is 5.32 Å². The van der Waals surface area contributed by atoms with Crippen molar-refractivity contribution < 1.29 is 9.59 Å². The first-order chi connectivity index (χ1) is 10.1. The van der Waals surface area contributed by atoms with Gasteiger partial charge in [0, 0.05) is 44.0 Å². The van der Waals surface area contributed by atoms with Crippen LogP contribution in [-0.2, 0) is 4.79 Å². The third-order valence-corrected chi connectivity index (χ3v) is 4.48. The van der Waals surface area contributed by atoms with E-state index in [1.54, 1.807) is 0 Å². The second kappa shape index (κ2) is 9.12. The Balaban J connectivity index is 0.00000242. The number of halogens is 1. The molecule has 1 fully saturated rings. The zero-order chi connectivity index (χ0) is 15.2. The molecule has 0 spiro atoms. The summed E-state index contributed by atoms with van der Waals surface area (Å²) in [5.74, 6) is 0.233. The van der Waals surface area contributed by atoms with Crippen molar-refractivity contribution >= 4 is 35.6 Å². The molecule has 124 valence electrons. The fourth-order valence-corrected chi connectivity index (χ4v) is 3.24. The predicted octanol–water partition coefficient (Wildman–Crippen LogP) is 1.70. The number of hydrogen-bond donors (Lipinski definition) is 1. The highest BCUT2D eigenvalue weighted by Gasteiger charge is 2.25. The smallest absolute Gasteiger partial charge is 0.254 e. The van der Waals surface area contributed by atoms with Crippen molar-refractivity contribution in [2.24, 2.45) is 5.92 Å². The Labute approximate surface area is 142 Å². The first-order valence-electron chi connectivity index (χ1n) is 7.38. The zero-order valence-corrected chi connectivity index (χ0v) is 14.7. The molecule has 1 aliphatic heterocycles. The van der Waals surface area contributed by atoms with Crippen molar-refractivity contribution in [3.8, 4) is 0 Å². The van der Waals surface area contributed by atoms with E-state index in [0.29, 0.717) is 19.6 Å². The Morgan fingerprint density at radius 2 is 1.95 bits per heavy atom. The quantitative estimate of drug-likeness (QED) is 0.903. The number of hydrogen-bond acceptors (Lipinski definition) is 4. The number of rotatable bonds is 4. The highest BCUT2D eigenvalue weighted by atomic mass is 35.5. The maximum atomic E-state index is 12.3. The molecule has 0 bridgehead atoms. The summed E-state index contributed by atoms with van der Waals surface area (Å²) >= 11 is 1.53. The van der Waals surface area contributed by atoms with Gasteiger partial charge in [-0.05, 0) is 24.9 Å². The Kier molecular flexibility index (Phi) is 7.85. The third-order valence-electron chi connectivity index (χ3n) is 3.79. The highest BCUT2D eigenvalue weighted by Crippen LogP contribution is 2.13. The number of carbonyl (C=O) groups excluding carboxylic acids is 2. The Hall–Kier alpha value is -1.11. The lowest BCUT2D eigenvalue weighted by Gasteiger charge is -2.24. The van der Waals surface area contributed by atoms with Gasteiger partial charge in [0.05, 0.1) is 5.56 Å². The standard InChI is InChI=1S/C15H23N3O2S.ClH/c1-12(10-16-2)14(19)17-5-3-6-18(8-7-17)15(20)13-4-9-21-11-13;/h4,9,11-12,16H,3,5-8,10H2,1-2H3;1H. The van der Waals surface area contributed by atoms with E-state index in [1.807, 2.05) is 40.6 Å². The lowest BCUT2D eigenvalue weighted by atomic mass is 10.1. The summed E-state index contributed by atoms with van der Waals surface area (Å²) in [5, 5.41) is 6.83. The van der Waals surface area contributed by atoms with E-state index in [2.05, 4.69) is 5.32 Å². The average Bonchev–Trinajstić information content (AvgIpc) is 2.90. The predicted molar refractivity (Wildman–Crippen MR) is 91.8 cm³/mol. The van der Waals surface area contributed by atoms with Crippen LogP contribution in [0, 0.1) is 5.92 Å². The van der Waals surface area contributed by atoms with E-state index in [-0.39, 0.29) is 30.1 Å². The van der Waals surface area contributed by atoms with Gasteiger partial charge in [0.25, 0.3) is 5.91 Å². The number of amides is 2. The molecular weight excluding hydrogens is 322 g/mol. The minimum absolute atomic E-state index is 0. The molecule has 0 aliphatic carbocycles. The summed E-state index contributed by atoms with van der Waals surface area (Å²) in [6.07, 6.45) is 0.841. The van der Waals surface area contributed by atoms with Crippen molar-refractivity contribution in [1.82, 2.24) is 15.1 Å². The van der Waals surface area contributed by atoms with Crippen LogP contribution in [0.2, 0.25) is 0 Å². The molecule has 1 aromatic rings. The molecule has 1 unspecified atom stereocenters. The first-order valence-corrected chi connectivity index (χ1v) is 8.32. The van der Waals surface area contributed by atoms with Gasteiger partial charge in [0.15, 0.2) is 0 Å². The van der Waals surface area contributed by atoms with Gasteiger partial charge in [-0.1, -0.05) is 6.92 Å². The summed E-state index contributed by atoms with van der Waals surface area (Å²) in [7, 11) is 1.85. The summed E-state index contributed by atoms with van der Waals surface area (Å²) in [6.45, 7) is 5.33. The topological polar surface area (TPSA) is 52.7 Å². The van der Waals surface area contributed by atoms with Crippen LogP contribution in [0.5, 0.6) is 0 Å². The normalized spacial score (nSPS) is 16.6. The average molecular weight is 346 g/mol. The van der Waals surface area contributed by atoms with E-state index < -0.39 is 0 Å². The van der Waals surface area contributed by atoms with E-state index in [9.17, 15) is 9.59 Å². The fraction of sp³-hybridized carbons (Fsp3) is 0.600. The van der Waals surface area contributed by atoms with E-state index in [4.69, 9.17) is 0 Å². The molecule has 0 saturated carbocycles. The highest BCUT2D eigenvalue weighted by molar-refractivity contribution is 7.08. The van der Waals surface area contributed by atoms with Crippen molar-refractivity contribution in [3.63, 3.8) is 0 Å². The van der Waals surface area contributed by atoms with Gasteiger partial charge in [-0.15, -0.1) is 12.4 Å². The summed E-state index contributed by atoms with van der Waals surface area (Å²) in [5.41, 5.74) is 0.753. The van der Waals surface area contributed by atoms with E-state index >= 15 is 0 Å². The second-order valence-electron chi connectivity index (χ2n) is 5.44. The molecule has 1 aliphatic rings. The molecule has 2 heterocycles. The molecule has 1 N–H and O–H groups in total. The summed E-state index contributed by atoms with van der Waals surface area (Å²) in [6, 6.07) is 1.86. The minimum atomic E-state index is -0.0193. The maximum absolute atomic E-state index is 12.3. The molecule has 1 atom stereocenters. The first kappa shape index (κ1) is 18.9. The van der Waals surface area contributed by atoms with Gasteiger partial charge in [-0.2, -0.15) is 11.3 Å². The largest absolute Gasteiger partial charge is 0.341 e. The molecule has 1 saturated heterocycles. The lowest BCUT2D eigenvalue weighted by Crippen LogP contribution is -2.41. The van der Waals surface area contributed by atoms with Gasteiger partial charge in [-0.3, -0.25) is 9.59 Å². The van der Waals surface area contributed by atoms with E-state index in [1.165, 1.54) is 11.3 Å². The molecular formula is C15H24ClN3O2S. The van der Waals surface area contributed by atoms with Crippen LogP contribution in [-0.4, -0.2) is 61.4 Å². The van der Waals surface area contributed by atoms with Crippen LogP contribution in [0.4, 0.5) is 0 Å². The van der Waals surface area contributed by atoms with Gasteiger partial charge in [0.2, 0.25) is 5.91 Å². The zero-order valence-electron chi connectivity index (χ0n) is 13.1. The summed E-state index contributed by atoms with van der Waals surface area (Å²) in [4.78, 5) is 28.4. The molecule has 0 aromatic carbocycles. The number of nitrogens with one attached hydrogen (secondary N) is 1. The monoisotopic (exact) mass is 345 g/mol. The molecule has 7 heteroatoms. The molecule has 2 rings (SSSR count). The number of carbonyl (C=O) groups is 2. The Morgan fingerprint density at radius 3 is 2.59 bits per heavy atom. The lowest BCUT2D eigenvalue weighted by molar-refractivity contribution is -0.134. The molecule has 0 radical (unpaired) electrons. The van der Waals surface area contributed by atoms with Crippen molar-refractivity contribution in [2.75, 3.05) is 39.8 Å². The van der Waals surface area contributed by atoms with Crippen LogP contribution in [0.1, 0.15) is 23.7 Å². The van der Waals surface area contributed by atoms with Crippen molar-refractivity contribution in [1.29, 1.82) is 0 Å². The van der Waals surface area contributed by atoms with E-state index in [0.717, 1.165) is 25.1 Å². The Bertz CT molecular complexity index is 481. The van der Waals surface area contributed by atoms with Crippen LogP contribution >= 0.6 is 23.7 Å². The van der Waals surface area contributed by atoms with Crippen molar-refractivity contribution in [2.45, 2.75) is 13.3 Å². The van der Waals surface area contributed by atoms with Crippen LogP contribution in [0.15, 0.2) is 16.8 Å². The van der Waals surface area contributed by atoms with Crippen LogP contribution in [0.3, 0.4) is 0 Å². The SMILES string of the molecule is CNCC(C)C(=O)N1CCCN(C(=O)c2ccsc2)CC1.Cl. The third kappa shape index (κ3) is 4.69. The maximum Gasteiger partial charge on any atom is 0.254 e. The van der Waals surface area contributed by atoms with Gasteiger partial charge in [-0.25, -0.2) is 0 Å². The van der Waals surface area contributed by atoms with Crippen LogP contribution in [0.25, 0.3) is 0 Å². The minimum Gasteiger partial charge on any atom is -0.341 e. The van der Waals surface area contributed by atoms with Gasteiger partial charge < -0.3 is 15.1 Å². The van der Waals surface area contributed by atoms with Crippen molar-refractivity contribution in [3.05, 3.63) is 22.4 Å². The molecule has 2 amide bonds. The number of thiophene rings is 1. The number of nitrogens with zero attached hydrogens (tertiary/aromatic N) is 2. The van der Waals surface area contributed by atoms with Gasteiger partial charge >= 0.3 is 0 Å². The fourth-order valence-electron chi connectivity index (χ4n) is 2.61. The molecule has 1 aromatic heterocycles.